The number of halogens is 1. The molecular formula is C20H26ClNO2. The third kappa shape index (κ3) is 4.13. The van der Waals surface area contributed by atoms with Gasteiger partial charge in [0, 0.05) is 23.5 Å². The van der Waals surface area contributed by atoms with Crippen LogP contribution in [0.1, 0.15) is 52.0 Å². The van der Waals surface area contributed by atoms with Crippen molar-refractivity contribution in [1.29, 1.82) is 0 Å². The van der Waals surface area contributed by atoms with E-state index in [0.717, 1.165) is 31.0 Å². The first-order valence-corrected chi connectivity index (χ1v) is 9.10. The van der Waals surface area contributed by atoms with E-state index >= 15 is 0 Å². The number of amides is 1. The summed E-state index contributed by atoms with van der Waals surface area (Å²) < 4.78 is 5.51. The maximum atomic E-state index is 12.3. The fraction of sp³-hybridized carbons (Fsp3) is 0.550. The minimum absolute atomic E-state index is 0.0228. The van der Waals surface area contributed by atoms with Gasteiger partial charge in [0.25, 0.3) is 0 Å². The molecule has 1 aromatic rings. The Bertz CT molecular complexity index is 629. The Morgan fingerprint density at radius 2 is 1.75 bits per heavy atom. The summed E-state index contributed by atoms with van der Waals surface area (Å²) in [6, 6.07) is 8.18. The van der Waals surface area contributed by atoms with E-state index in [2.05, 4.69) is 18.2 Å². The molecule has 1 heterocycles. The highest BCUT2D eigenvalue weighted by molar-refractivity contribution is 6.30. The molecule has 2 fully saturated rings. The number of ether oxygens (including phenoxy) is 1. The SMILES string of the molecule is CC(C)(C)OC(=O)N1CCC(C=C2CC2)(c2ccc(Cl)cc2)CC1. The minimum Gasteiger partial charge on any atom is -0.444 e. The number of hydrogen-bond donors (Lipinski definition) is 0. The van der Waals surface area contributed by atoms with Crippen LogP contribution in [0.15, 0.2) is 35.9 Å². The van der Waals surface area contributed by atoms with Gasteiger partial charge in [0.1, 0.15) is 5.60 Å². The summed E-state index contributed by atoms with van der Waals surface area (Å²) in [6.07, 6.45) is 6.53. The topological polar surface area (TPSA) is 29.5 Å². The summed E-state index contributed by atoms with van der Waals surface area (Å²) in [4.78, 5) is 14.1. The van der Waals surface area contributed by atoms with Gasteiger partial charge in [-0.25, -0.2) is 4.79 Å². The van der Waals surface area contributed by atoms with Gasteiger partial charge < -0.3 is 9.64 Å². The summed E-state index contributed by atoms with van der Waals surface area (Å²) in [5.41, 5.74) is 2.41. The molecule has 24 heavy (non-hydrogen) atoms. The van der Waals surface area contributed by atoms with E-state index in [1.54, 1.807) is 0 Å². The highest BCUT2D eigenvalue weighted by Gasteiger charge is 2.38. The lowest BCUT2D eigenvalue weighted by molar-refractivity contribution is 0.0183. The average molecular weight is 348 g/mol. The monoisotopic (exact) mass is 347 g/mol. The van der Waals surface area contributed by atoms with Crippen molar-refractivity contribution < 1.29 is 9.53 Å². The van der Waals surface area contributed by atoms with Gasteiger partial charge >= 0.3 is 6.09 Å². The number of carbonyl (C=O) groups is 1. The fourth-order valence-electron chi connectivity index (χ4n) is 3.32. The van der Waals surface area contributed by atoms with Crippen molar-refractivity contribution >= 4 is 17.7 Å². The van der Waals surface area contributed by atoms with Crippen LogP contribution >= 0.6 is 11.6 Å². The van der Waals surface area contributed by atoms with Crippen LogP contribution in [0.2, 0.25) is 5.02 Å². The van der Waals surface area contributed by atoms with E-state index in [0.29, 0.717) is 0 Å². The Morgan fingerprint density at radius 1 is 1.17 bits per heavy atom. The van der Waals surface area contributed by atoms with Gasteiger partial charge in [0.2, 0.25) is 0 Å². The van der Waals surface area contributed by atoms with Crippen molar-refractivity contribution in [2.24, 2.45) is 0 Å². The molecule has 0 N–H and O–H groups in total. The standard InChI is InChI=1S/C20H26ClNO2/c1-19(2,3)24-18(23)22-12-10-20(11-13-22,14-15-4-5-15)16-6-8-17(21)9-7-16/h6-9,14H,4-5,10-13H2,1-3H3. The molecule has 1 saturated heterocycles. The molecule has 1 saturated carbocycles. The number of benzene rings is 1. The molecule has 0 bridgehead atoms. The van der Waals surface area contributed by atoms with E-state index in [1.165, 1.54) is 24.0 Å². The van der Waals surface area contributed by atoms with Gasteiger partial charge in [-0.2, -0.15) is 0 Å². The van der Waals surface area contributed by atoms with Crippen molar-refractivity contribution in [2.75, 3.05) is 13.1 Å². The molecule has 1 aliphatic heterocycles. The molecule has 3 nitrogen and oxygen atoms in total. The zero-order valence-electron chi connectivity index (χ0n) is 14.8. The van der Waals surface area contributed by atoms with Crippen molar-refractivity contribution in [3.8, 4) is 0 Å². The molecule has 0 unspecified atom stereocenters. The summed E-state index contributed by atoms with van der Waals surface area (Å²) in [5.74, 6) is 0. The Morgan fingerprint density at radius 3 is 2.25 bits per heavy atom. The van der Waals surface area contributed by atoms with Gasteiger partial charge in [-0.1, -0.05) is 35.4 Å². The number of likely N-dealkylation sites (tertiary alicyclic amines) is 1. The number of rotatable bonds is 2. The molecule has 2 aliphatic rings. The second kappa shape index (κ2) is 6.44. The molecule has 130 valence electrons. The Hall–Kier alpha value is -1.48. The zero-order valence-corrected chi connectivity index (χ0v) is 15.5. The largest absolute Gasteiger partial charge is 0.444 e. The molecule has 1 amide bonds. The van der Waals surface area contributed by atoms with Crippen LogP contribution in [0.3, 0.4) is 0 Å². The van der Waals surface area contributed by atoms with Crippen LogP contribution in [-0.4, -0.2) is 29.7 Å². The maximum absolute atomic E-state index is 12.3. The van der Waals surface area contributed by atoms with Gasteiger partial charge in [-0.05, 0) is 64.2 Å². The predicted molar refractivity (Wildman–Crippen MR) is 97.5 cm³/mol. The Kier molecular flexibility index (Phi) is 4.65. The molecule has 0 aromatic heterocycles. The first-order chi connectivity index (χ1) is 11.3. The predicted octanol–water partition coefficient (Wildman–Crippen LogP) is 5.33. The molecular weight excluding hydrogens is 322 g/mol. The highest BCUT2D eigenvalue weighted by Crippen LogP contribution is 2.42. The fourth-order valence-corrected chi connectivity index (χ4v) is 3.45. The number of carbonyl (C=O) groups excluding carboxylic acids is 1. The van der Waals surface area contributed by atoms with Crippen LogP contribution in [0.4, 0.5) is 4.79 Å². The van der Waals surface area contributed by atoms with Crippen molar-refractivity contribution in [1.82, 2.24) is 4.90 Å². The number of allylic oxidation sites excluding steroid dienone is 2. The normalized spacial score (nSPS) is 19.8. The average Bonchev–Trinajstić information content (AvgIpc) is 3.30. The molecule has 0 atom stereocenters. The molecule has 1 aromatic carbocycles. The highest BCUT2D eigenvalue weighted by atomic mass is 35.5. The second-order valence-corrected chi connectivity index (χ2v) is 8.37. The van der Waals surface area contributed by atoms with Crippen LogP contribution in [0.5, 0.6) is 0 Å². The summed E-state index contributed by atoms with van der Waals surface area (Å²) in [6.45, 7) is 7.17. The first kappa shape index (κ1) is 17.3. The summed E-state index contributed by atoms with van der Waals surface area (Å²) >= 11 is 6.06. The maximum Gasteiger partial charge on any atom is 0.410 e. The molecule has 0 radical (unpaired) electrons. The van der Waals surface area contributed by atoms with E-state index in [9.17, 15) is 4.79 Å². The van der Waals surface area contributed by atoms with Crippen molar-refractivity contribution in [3.05, 3.63) is 46.5 Å². The Balaban J connectivity index is 1.75. The van der Waals surface area contributed by atoms with Crippen LogP contribution in [0.25, 0.3) is 0 Å². The molecule has 0 spiro atoms. The van der Waals surface area contributed by atoms with E-state index in [-0.39, 0.29) is 11.5 Å². The van der Waals surface area contributed by atoms with Crippen molar-refractivity contribution in [3.63, 3.8) is 0 Å². The summed E-state index contributed by atoms with van der Waals surface area (Å²) in [7, 11) is 0. The van der Waals surface area contributed by atoms with E-state index < -0.39 is 5.60 Å². The lowest BCUT2D eigenvalue weighted by atomic mass is 9.72. The van der Waals surface area contributed by atoms with Crippen LogP contribution in [0, 0.1) is 0 Å². The van der Waals surface area contributed by atoms with Gasteiger partial charge in [0.15, 0.2) is 0 Å². The number of piperidine rings is 1. The van der Waals surface area contributed by atoms with Crippen LogP contribution in [-0.2, 0) is 10.2 Å². The third-order valence-electron chi connectivity index (χ3n) is 4.75. The second-order valence-electron chi connectivity index (χ2n) is 7.93. The van der Waals surface area contributed by atoms with E-state index in [1.807, 2.05) is 37.8 Å². The third-order valence-corrected chi connectivity index (χ3v) is 5.00. The summed E-state index contributed by atoms with van der Waals surface area (Å²) in [5, 5.41) is 0.763. The molecule has 4 heteroatoms. The molecule has 3 rings (SSSR count). The van der Waals surface area contributed by atoms with Crippen molar-refractivity contribution in [2.45, 2.75) is 57.5 Å². The van der Waals surface area contributed by atoms with Crippen LogP contribution < -0.4 is 0 Å². The lowest BCUT2D eigenvalue weighted by Gasteiger charge is -2.41. The van der Waals surface area contributed by atoms with Gasteiger partial charge in [0.05, 0.1) is 0 Å². The number of nitrogens with zero attached hydrogens (tertiary/aromatic N) is 1. The Labute approximate surface area is 149 Å². The number of hydrogen-bond acceptors (Lipinski definition) is 2. The smallest absolute Gasteiger partial charge is 0.410 e. The molecule has 1 aliphatic carbocycles. The van der Waals surface area contributed by atoms with Gasteiger partial charge in [-0.3, -0.25) is 0 Å². The van der Waals surface area contributed by atoms with Gasteiger partial charge in [-0.15, -0.1) is 0 Å². The van der Waals surface area contributed by atoms with E-state index in [4.69, 9.17) is 16.3 Å². The first-order valence-electron chi connectivity index (χ1n) is 8.72. The zero-order chi connectivity index (χ0) is 17.4. The minimum atomic E-state index is -0.447. The quantitative estimate of drug-likeness (QED) is 0.677. The lowest BCUT2D eigenvalue weighted by Crippen LogP contribution is -2.46.